The number of benzene rings is 2. The SMILES string of the molecule is CNC(=O)[C@H]1CCCN1C(=O)Nc1ccc(C(=O)Nc2ccccc2)cc1. The molecule has 1 atom stereocenters. The number of rotatable bonds is 4. The van der Waals surface area contributed by atoms with Crippen LogP contribution in [0.5, 0.6) is 0 Å². The van der Waals surface area contributed by atoms with E-state index in [-0.39, 0.29) is 17.8 Å². The molecular formula is C20H22N4O3. The highest BCUT2D eigenvalue weighted by molar-refractivity contribution is 6.04. The van der Waals surface area contributed by atoms with Crippen LogP contribution in [0, 0.1) is 0 Å². The fourth-order valence-corrected chi connectivity index (χ4v) is 3.07. The first-order valence-electron chi connectivity index (χ1n) is 8.84. The summed E-state index contributed by atoms with van der Waals surface area (Å²) in [7, 11) is 1.57. The molecular weight excluding hydrogens is 344 g/mol. The molecule has 0 saturated carbocycles. The van der Waals surface area contributed by atoms with Gasteiger partial charge < -0.3 is 20.9 Å². The van der Waals surface area contributed by atoms with Crippen molar-refractivity contribution in [1.29, 1.82) is 0 Å². The number of likely N-dealkylation sites (N-methyl/N-ethyl adjacent to an activating group) is 1. The third-order valence-electron chi connectivity index (χ3n) is 4.49. The average molecular weight is 366 g/mol. The molecule has 0 bridgehead atoms. The van der Waals surface area contributed by atoms with Crippen LogP contribution in [0.3, 0.4) is 0 Å². The molecule has 0 spiro atoms. The summed E-state index contributed by atoms with van der Waals surface area (Å²) in [6.07, 6.45) is 1.45. The van der Waals surface area contributed by atoms with Crippen LogP contribution in [-0.2, 0) is 4.79 Å². The van der Waals surface area contributed by atoms with E-state index in [0.717, 1.165) is 6.42 Å². The minimum absolute atomic E-state index is 0.157. The van der Waals surface area contributed by atoms with Gasteiger partial charge in [0, 0.05) is 30.5 Å². The monoisotopic (exact) mass is 366 g/mol. The largest absolute Gasteiger partial charge is 0.357 e. The minimum atomic E-state index is -0.439. The molecule has 7 nitrogen and oxygen atoms in total. The van der Waals surface area contributed by atoms with Gasteiger partial charge in [-0.25, -0.2) is 4.79 Å². The second-order valence-electron chi connectivity index (χ2n) is 6.29. The van der Waals surface area contributed by atoms with Crippen LogP contribution in [0.1, 0.15) is 23.2 Å². The summed E-state index contributed by atoms with van der Waals surface area (Å²) in [5.74, 6) is -0.381. The van der Waals surface area contributed by atoms with E-state index in [1.165, 1.54) is 4.90 Å². The molecule has 2 aromatic carbocycles. The fourth-order valence-electron chi connectivity index (χ4n) is 3.07. The summed E-state index contributed by atoms with van der Waals surface area (Å²) < 4.78 is 0. The number of amides is 4. The molecule has 4 amide bonds. The summed E-state index contributed by atoms with van der Waals surface area (Å²) in [6, 6.07) is 15.1. The maximum Gasteiger partial charge on any atom is 0.322 e. The van der Waals surface area contributed by atoms with Crippen LogP contribution >= 0.6 is 0 Å². The number of nitrogens with zero attached hydrogens (tertiary/aromatic N) is 1. The van der Waals surface area contributed by atoms with Gasteiger partial charge in [-0.2, -0.15) is 0 Å². The van der Waals surface area contributed by atoms with E-state index in [1.54, 1.807) is 31.3 Å². The van der Waals surface area contributed by atoms with E-state index < -0.39 is 6.04 Å². The third-order valence-corrected chi connectivity index (χ3v) is 4.49. The van der Waals surface area contributed by atoms with Crippen molar-refractivity contribution in [3.8, 4) is 0 Å². The highest BCUT2D eigenvalue weighted by atomic mass is 16.2. The second kappa shape index (κ2) is 8.35. The molecule has 0 aliphatic carbocycles. The topological polar surface area (TPSA) is 90.5 Å². The molecule has 0 aromatic heterocycles. The van der Waals surface area contributed by atoms with Gasteiger partial charge >= 0.3 is 6.03 Å². The molecule has 1 heterocycles. The molecule has 140 valence electrons. The van der Waals surface area contributed by atoms with Gasteiger partial charge in [0.15, 0.2) is 0 Å². The van der Waals surface area contributed by atoms with Crippen LogP contribution in [-0.4, -0.2) is 42.4 Å². The van der Waals surface area contributed by atoms with E-state index in [0.29, 0.717) is 29.9 Å². The lowest BCUT2D eigenvalue weighted by atomic mass is 10.2. The number of carbonyl (C=O) groups excluding carboxylic acids is 3. The number of urea groups is 1. The Balaban J connectivity index is 1.61. The van der Waals surface area contributed by atoms with Gasteiger partial charge in [-0.15, -0.1) is 0 Å². The summed E-state index contributed by atoms with van der Waals surface area (Å²) >= 11 is 0. The van der Waals surface area contributed by atoms with Crippen molar-refractivity contribution >= 4 is 29.2 Å². The van der Waals surface area contributed by atoms with Crippen molar-refractivity contribution in [1.82, 2.24) is 10.2 Å². The number of para-hydroxylation sites is 1. The van der Waals surface area contributed by atoms with Crippen molar-refractivity contribution in [2.75, 3.05) is 24.2 Å². The lowest BCUT2D eigenvalue weighted by Crippen LogP contribution is -2.46. The molecule has 2 aromatic rings. The predicted octanol–water partition coefficient (Wildman–Crippen LogP) is 2.68. The number of hydrogen-bond acceptors (Lipinski definition) is 3. The lowest BCUT2D eigenvalue weighted by molar-refractivity contribution is -0.124. The molecule has 1 fully saturated rings. The van der Waals surface area contributed by atoms with Gasteiger partial charge in [0.05, 0.1) is 0 Å². The quantitative estimate of drug-likeness (QED) is 0.777. The maximum atomic E-state index is 12.5. The standard InChI is InChI=1S/C20H22N4O3/c1-21-19(26)17-8-5-13-24(17)20(27)23-16-11-9-14(10-12-16)18(25)22-15-6-3-2-4-7-15/h2-4,6-7,9-12,17H,5,8,13H2,1H3,(H,21,26)(H,22,25)(H,23,27)/t17-/m1/s1. The summed E-state index contributed by atoms with van der Waals surface area (Å²) in [6.45, 7) is 0.543. The van der Waals surface area contributed by atoms with E-state index in [9.17, 15) is 14.4 Å². The van der Waals surface area contributed by atoms with Crippen LogP contribution in [0.2, 0.25) is 0 Å². The first kappa shape index (κ1) is 18.4. The van der Waals surface area contributed by atoms with Crippen LogP contribution in [0.4, 0.5) is 16.2 Å². The molecule has 1 aliphatic rings. The number of anilines is 2. The zero-order valence-corrected chi connectivity index (χ0v) is 15.1. The Morgan fingerprint density at radius 3 is 2.26 bits per heavy atom. The predicted molar refractivity (Wildman–Crippen MR) is 104 cm³/mol. The summed E-state index contributed by atoms with van der Waals surface area (Å²) in [5.41, 5.74) is 1.77. The average Bonchev–Trinajstić information content (AvgIpc) is 3.18. The van der Waals surface area contributed by atoms with Crippen molar-refractivity contribution in [3.05, 3.63) is 60.2 Å². The van der Waals surface area contributed by atoms with Crippen LogP contribution in [0.25, 0.3) is 0 Å². The van der Waals surface area contributed by atoms with Crippen LogP contribution in [0.15, 0.2) is 54.6 Å². The zero-order chi connectivity index (χ0) is 19.2. The zero-order valence-electron chi connectivity index (χ0n) is 15.1. The van der Waals surface area contributed by atoms with Crippen molar-refractivity contribution < 1.29 is 14.4 Å². The highest BCUT2D eigenvalue weighted by Gasteiger charge is 2.33. The van der Waals surface area contributed by atoms with E-state index >= 15 is 0 Å². The second-order valence-corrected chi connectivity index (χ2v) is 6.29. The molecule has 3 rings (SSSR count). The molecule has 1 aliphatic heterocycles. The van der Waals surface area contributed by atoms with Gasteiger partial charge in [0.25, 0.3) is 5.91 Å². The Hall–Kier alpha value is -3.35. The number of carbonyl (C=O) groups is 3. The van der Waals surface area contributed by atoms with E-state index in [1.807, 2.05) is 30.3 Å². The van der Waals surface area contributed by atoms with Crippen molar-refractivity contribution in [2.45, 2.75) is 18.9 Å². The Bertz CT molecular complexity index is 821. The van der Waals surface area contributed by atoms with Crippen molar-refractivity contribution in [2.24, 2.45) is 0 Å². The fraction of sp³-hybridized carbons (Fsp3) is 0.250. The molecule has 3 N–H and O–H groups in total. The lowest BCUT2D eigenvalue weighted by Gasteiger charge is -2.23. The Morgan fingerprint density at radius 2 is 1.59 bits per heavy atom. The van der Waals surface area contributed by atoms with Crippen LogP contribution < -0.4 is 16.0 Å². The minimum Gasteiger partial charge on any atom is -0.357 e. The van der Waals surface area contributed by atoms with Gasteiger partial charge in [0.2, 0.25) is 5.91 Å². The number of hydrogen-bond donors (Lipinski definition) is 3. The normalized spacial score (nSPS) is 15.9. The van der Waals surface area contributed by atoms with Gasteiger partial charge in [-0.05, 0) is 49.2 Å². The maximum absolute atomic E-state index is 12.5. The molecule has 0 radical (unpaired) electrons. The highest BCUT2D eigenvalue weighted by Crippen LogP contribution is 2.19. The van der Waals surface area contributed by atoms with Gasteiger partial charge in [0.1, 0.15) is 6.04 Å². The van der Waals surface area contributed by atoms with Gasteiger partial charge in [-0.1, -0.05) is 18.2 Å². The Kier molecular flexibility index (Phi) is 5.71. The Morgan fingerprint density at radius 1 is 0.926 bits per heavy atom. The summed E-state index contributed by atoms with van der Waals surface area (Å²) in [4.78, 5) is 38.1. The first-order valence-corrected chi connectivity index (χ1v) is 8.84. The molecule has 27 heavy (non-hydrogen) atoms. The third kappa shape index (κ3) is 4.44. The number of likely N-dealkylation sites (tertiary alicyclic amines) is 1. The first-order chi connectivity index (χ1) is 13.1. The Labute approximate surface area is 157 Å². The number of nitrogens with one attached hydrogen (secondary N) is 3. The smallest absolute Gasteiger partial charge is 0.322 e. The van der Waals surface area contributed by atoms with Crippen molar-refractivity contribution in [3.63, 3.8) is 0 Å². The van der Waals surface area contributed by atoms with Gasteiger partial charge in [-0.3, -0.25) is 9.59 Å². The van der Waals surface area contributed by atoms with E-state index in [2.05, 4.69) is 16.0 Å². The summed E-state index contributed by atoms with van der Waals surface area (Å²) in [5, 5.41) is 8.18. The molecule has 7 heteroatoms. The molecule has 0 unspecified atom stereocenters. The molecule has 1 saturated heterocycles. The van der Waals surface area contributed by atoms with E-state index in [4.69, 9.17) is 0 Å².